The molecule has 0 bridgehead atoms. The molecule has 80 heavy (non-hydrogen) atoms. The first-order valence-corrected chi connectivity index (χ1v) is 33.7. The fourth-order valence-electron chi connectivity index (χ4n) is 8.53. The van der Waals surface area contributed by atoms with E-state index in [1.807, 2.05) is 21.1 Å². The van der Waals surface area contributed by atoms with Crippen molar-refractivity contribution in [3.05, 3.63) is 122 Å². The van der Waals surface area contributed by atoms with Crippen molar-refractivity contribution in [3.63, 3.8) is 0 Å². The lowest BCUT2D eigenvalue weighted by Gasteiger charge is -2.28. The minimum absolute atomic E-state index is 0.0421. The second-order valence-corrected chi connectivity index (χ2v) is 23.8. The first kappa shape index (κ1) is 76.4. The molecule has 0 radical (unpaired) electrons. The molecule has 10 heteroatoms. The van der Waals surface area contributed by atoms with Crippen LogP contribution in [0.4, 0.5) is 0 Å². The van der Waals surface area contributed by atoms with Gasteiger partial charge in [0.25, 0.3) is 7.82 Å². The number of ether oxygens (including phenoxy) is 2. The molecule has 0 aliphatic carbocycles. The van der Waals surface area contributed by atoms with Gasteiger partial charge in [0, 0.05) is 12.8 Å². The van der Waals surface area contributed by atoms with Gasteiger partial charge in [-0.1, -0.05) is 257 Å². The number of hydrogen-bond donors (Lipinski definition) is 0. The van der Waals surface area contributed by atoms with Gasteiger partial charge in [0.15, 0.2) is 6.10 Å². The maximum absolute atomic E-state index is 12.8. The minimum atomic E-state index is -4.66. The van der Waals surface area contributed by atoms with E-state index in [9.17, 15) is 19.0 Å². The predicted molar refractivity (Wildman–Crippen MR) is 341 cm³/mol. The Balaban J connectivity index is 4.20. The maximum atomic E-state index is 12.8. The van der Waals surface area contributed by atoms with Crippen LogP contribution in [0.3, 0.4) is 0 Å². The summed E-state index contributed by atoms with van der Waals surface area (Å²) in [5.74, 6) is -0.865. The van der Waals surface area contributed by atoms with Gasteiger partial charge in [-0.3, -0.25) is 14.2 Å². The van der Waals surface area contributed by atoms with Gasteiger partial charge >= 0.3 is 11.9 Å². The Hall–Kier alpha value is -3.59. The zero-order valence-corrected chi connectivity index (χ0v) is 52.9. The van der Waals surface area contributed by atoms with Crippen LogP contribution in [0.25, 0.3) is 0 Å². The molecule has 0 spiro atoms. The number of rotatable bonds is 58. The topological polar surface area (TPSA) is 111 Å². The van der Waals surface area contributed by atoms with Crippen LogP contribution >= 0.6 is 7.82 Å². The summed E-state index contributed by atoms with van der Waals surface area (Å²) in [7, 11) is 1.14. The molecule has 0 saturated heterocycles. The van der Waals surface area contributed by atoms with Gasteiger partial charge in [-0.2, -0.15) is 0 Å². The summed E-state index contributed by atoms with van der Waals surface area (Å²) in [6, 6.07) is 0. The van der Waals surface area contributed by atoms with E-state index in [2.05, 4.69) is 135 Å². The van der Waals surface area contributed by atoms with Crippen LogP contribution in [0, 0.1) is 0 Å². The van der Waals surface area contributed by atoms with Crippen molar-refractivity contribution in [2.45, 2.75) is 264 Å². The van der Waals surface area contributed by atoms with E-state index in [-0.39, 0.29) is 26.1 Å². The van der Waals surface area contributed by atoms with E-state index in [1.54, 1.807) is 0 Å². The van der Waals surface area contributed by atoms with Crippen LogP contribution in [0.1, 0.15) is 258 Å². The molecule has 0 aliphatic rings. The second kappa shape index (κ2) is 60.0. The van der Waals surface area contributed by atoms with Crippen LogP contribution in [0.15, 0.2) is 122 Å². The molecule has 0 amide bonds. The minimum Gasteiger partial charge on any atom is -0.756 e. The van der Waals surface area contributed by atoms with Crippen LogP contribution in [0.2, 0.25) is 0 Å². The standard InChI is InChI=1S/C70H120NO8P/c1-6-8-10-12-14-16-18-20-22-24-26-28-30-32-34-35-37-39-41-43-45-47-49-51-53-55-57-59-61-63-70(73)79-68(67-78-80(74,75)77-65-64-71(3,4)5)66-76-69(72)62-60-58-56-54-52-50-48-46-44-42-40-38-36-33-31-29-27-25-23-21-19-17-15-13-11-9-7-2/h8,10,14,16,19-22,25-28,32,34,37,39,43,45,49,51,68H,6-7,9,11-13,15,17-18,23-24,29-31,33,35-36,38,40-42,44,46-48,50,52-67H2,1-5H3/b10-8-,16-14-,21-19-,22-20-,27-25-,28-26-,34-32-,39-37-,45-43-,51-49-. The quantitative estimate of drug-likeness (QED) is 0.0195. The first-order chi connectivity index (χ1) is 39.0. The number of allylic oxidation sites excluding steroid dienone is 20. The second-order valence-electron chi connectivity index (χ2n) is 22.4. The van der Waals surface area contributed by atoms with Crippen molar-refractivity contribution in [2.75, 3.05) is 47.5 Å². The molecule has 0 fully saturated rings. The SMILES string of the molecule is CC/C=C\C/C=C\C/C=C\C/C=C\C/C=C\C/C=C\C/C=C\C/C=C\CCCCCCC(=O)OC(COC(=O)CCCCCCCCCCCCCCCCC/C=C\C/C=C\CCCCCCC)COP(=O)([O-])OCC[N+](C)(C)C. The molecule has 0 aromatic rings. The first-order valence-electron chi connectivity index (χ1n) is 32.2. The van der Waals surface area contributed by atoms with Crippen molar-refractivity contribution in [3.8, 4) is 0 Å². The Kier molecular flexibility index (Phi) is 57.3. The van der Waals surface area contributed by atoms with Gasteiger partial charge in [0.05, 0.1) is 27.7 Å². The number of quaternary nitrogens is 1. The van der Waals surface area contributed by atoms with Crippen molar-refractivity contribution in [1.82, 2.24) is 0 Å². The third kappa shape index (κ3) is 63.6. The van der Waals surface area contributed by atoms with E-state index in [1.165, 1.54) is 122 Å². The predicted octanol–water partition coefficient (Wildman–Crippen LogP) is 20.1. The van der Waals surface area contributed by atoms with Crippen molar-refractivity contribution < 1.29 is 42.1 Å². The molecule has 0 heterocycles. The summed E-state index contributed by atoms with van der Waals surface area (Å²) >= 11 is 0. The summed E-state index contributed by atoms with van der Waals surface area (Å²) in [4.78, 5) is 38.0. The fraction of sp³-hybridized carbons (Fsp3) is 0.686. The average molecular weight is 1130 g/mol. The van der Waals surface area contributed by atoms with Gasteiger partial charge in [0.1, 0.15) is 19.8 Å². The summed E-state index contributed by atoms with van der Waals surface area (Å²) in [6.45, 7) is 4.09. The van der Waals surface area contributed by atoms with Gasteiger partial charge in [-0.15, -0.1) is 0 Å². The molecule has 0 saturated carbocycles. The van der Waals surface area contributed by atoms with Gasteiger partial charge in [-0.25, -0.2) is 0 Å². The van der Waals surface area contributed by atoms with Crippen LogP contribution in [-0.2, 0) is 32.7 Å². The van der Waals surface area contributed by atoms with E-state index in [0.29, 0.717) is 17.4 Å². The third-order valence-electron chi connectivity index (χ3n) is 13.5. The molecular formula is C70H120NO8P. The number of carbonyl (C=O) groups is 2. The highest BCUT2D eigenvalue weighted by Gasteiger charge is 2.22. The molecule has 0 aromatic carbocycles. The number of carbonyl (C=O) groups excluding carboxylic acids is 2. The average Bonchev–Trinajstić information content (AvgIpc) is 3.42. The number of likely N-dealkylation sites (N-methyl/N-ethyl adjacent to an activating group) is 1. The number of phosphoric ester groups is 1. The summed E-state index contributed by atoms with van der Waals surface area (Å²) < 4.78 is 34.2. The lowest BCUT2D eigenvalue weighted by Crippen LogP contribution is -2.37. The number of unbranched alkanes of at least 4 members (excludes halogenated alkanes) is 24. The van der Waals surface area contributed by atoms with E-state index in [0.717, 1.165) is 103 Å². The highest BCUT2D eigenvalue weighted by Crippen LogP contribution is 2.38. The molecule has 2 atom stereocenters. The van der Waals surface area contributed by atoms with Crippen LogP contribution in [0.5, 0.6) is 0 Å². The van der Waals surface area contributed by atoms with E-state index >= 15 is 0 Å². The Morgan fingerprint density at radius 3 is 1.06 bits per heavy atom. The Labute approximate surface area is 492 Å². The lowest BCUT2D eigenvalue weighted by atomic mass is 10.0. The van der Waals surface area contributed by atoms with Crippen molar-refractivity contribution >= 4 is 19.8 Å². The van der Waals surface area contributed by atoms with Crippen LogP contribution < -0.4 is 4.89 Å². The highest BCUT2D eigenvalue weighted by molar-refractivity contribution is 7.45. The normalized spacial score (nSPS) is 14.0. The number of hydrogen-bond acceptors (Lipinski definition) is 8. The highest BCUT2D eigenvalue weighted by atomic mass is 31.2. The zero-order chi connectivity index (χ0) is 58.4. The third-order valence-corrected chi connectivity index (χ3v) is 14.4. The Bertz CT molecular complexity index is 1760. The van der Waals surface area contributed by atoms with Gasteiger partial charge < -0.3 is 27.9 Å². The maximum Gasteiger partial charge on any atom is 0.306 e. The Morgan fingerprint density at radius 1 is 0.400 bits per heavy atom. The largest absolute Gasteiger partial charge is 0.756 e. The molecule has 0 aliphatic heterocycles. The number of phosphoric acid groups is 1. The lowest BCUT2D eigenvalue weighted by molar-refractivity contribution is -0.870. The molecular weight excluding hydrogens is 1010 g/mol. The smallest absolute Gasteiger partial charge is 0.306 e. The van der Waals surface area contributed by atoms with Gasteiger partial charge in [0.2, 0.25) is 0 Å². The van der Waals surface area contributed by atoms with Crippen molar-refractivity contribution in [1.29, 1.82) is 0 Å². The van der Waals surface area contributed by atoms with Crippen molar-refractivity contribution in [2.24, 2.45) is 0 Å². The Morgan fingerprint density at radius 2 is 0.713 bits per heavy atom. The van der Waals surface area contributed by atoms with E-state index in [4.69, 9.17) is 18.5 Å². The molecule has 9 nitrogen and oxygen atoms in total. The number of esters is 2. The molecule has 0 aromatic heterocycles. The zero-order valence-electron chi connectivity index (χ0n) is 52.0. The van der Waals surface area contributed by atoms with Crippen LogP contribution in [-0.4, -0.2) is 70.0 Å². The summed E-state index contributed by atoms with van der Waals surface area (Å²) in [5, 5.41) is 0. The fourth-order valence-corrected chi connectivity index (χ4v) is 9.25. The number of nitrogens with zero attached hydrogens (tertiary/aromatic N) is 1. The van der Waals surface area contributed by atoms with E-state index < -0.39 is 32.5 Å². The molecule has 2 unspecified atom stereocenters. The summed E-state index contributed by atoms with van der Waals surface area (Å²) in [5.41, 5.74) is 0. The van der Waals surface area contributed by atoms with Gasteiger partial charge in [-0.05, 0) is 109 Å². The molecule has 0 rings (SSSR count). The monoisotopic (exact) mass is 1130 g/mol. The molecule has 458 valence electrons. The molecule has 0 N–H and O–H groups in total. The summed E-state index contributed by atoms with van der Waals surface area (Å²) in [6.07, 6.45) is 85.4.